The Labute approximate surface area is 123 Å². The second-order valence-corrected chi connectivity index (χ2v) is 6.04. The maximum absolute atomic E-state index is 12.2. The van der Waals surface area contributed by atoms with Gasteiger partial charge in [-0.25, -0.2) is 0 Å². The second-order valence-electron chi connectivity index (χ2n) is 4.12. The molecule has 0 aliphatic carbocycles. The van der Waals surface area contributed by atoms with Gasteiger partial charge in [-0.15, -0.1) is 0 Å². The van der Waals surface area contributed by atoms with Crippen molar-refractivity contribution in [2.24, 2.45) is 0 Å². The van der Waals surface area contributed by atoms with Gasteiger partial charge in [0.05, 0.1) is 12.1 Å². The number of methoxy groups -OCH3 is 1. The third-order valence-corrected chi connectivity index (χ3v) is 4.36. The number of ether oxygens (including phenoxy) is 1. The lowest BCUT2D eigenvalue weighted by molar-refractivity contribution is 0.390. The van der Waals surface area contributed by atoms with Crippen LogP contribution >= 0.6 is 11.6 Å². The third-order valence-electron chi connectivity index (χ3n) is 2.62. The molecule has 0 aliphatic rings. The van der Waals surface area contributed by atoms with Crippen LogP contribution in [-0.2, 0) is 10.1 Å². The van der Waals surface area contributed by atoms with Crippen LogP contribution in [0.5, 0.6) is 11.5 Å². The average Bonchev–Trinajstić information content (AvgIpc) is 2.41. The van der Waals surface area contributed by atoms with Crippen molar-refractivity contribution in [2.45, 2.75) is 11.8 Å². The van der Waals surface area contributed by atoms with Crippen LogP contribution in [0.4, 0.5) is 0 Å². The topological polar surface area (TPSA) is 52.6 Å². The SMILES string of the molecule is COc1cc(C)ccc1OS(=O)(=O)c1ccccc1Cl. The van der Waals surface area contributed by atoms with E-state index in [4.69, 9.17) is 20.5 Å². The molecule has 0 amide bonds. The van der Waals surface area contributed by atoms with Crippen molar-refractivity contribution in [1.82, 2.24) is 0 Å². The molecule has 6 heteroatoms. The van der Waals surface area contributed by atoms with E-state index < -0.39 is 10.1 Å². The van der Waals surface area contributed by atoms with Gasteiger partial charge in [-0.3, -0.25) is 0 Å². The Balaban J connectivity index is 2.41. The van der Waals surface area contributed by atoms with Crippen LogP contribution in [0.15, 0.2) is 47.4 Å². The van der Waals surface area contributed by atoms with E-state index >= 15 is 0 Å². The van der Waals surface area contributed by atoms with E-state index in [0.717, 1.165) is 5.56 Å². The van der Waals surface area contributed by atoms with Gasteiger partial charge in [0.25, 0.3) is 0 Å². The Kier molecular flexibility index (Phi) is 4.20. The minimum Gasteiger partial charge on any atom is -0.493 e. The monoisotopic (exact) mass is 312 g/mol. The van der Waals surface area contributed by atoms with E-state index in [1.54, 1.807) is 30.3 Å². The first-order valence-electron chi connectivity index (χ1n) is 5.77. The van der Waals surface area contributed by atoms with Crippen LogP contribution < -0.4 is 8.92 Å². The van der Waals surface area contributed by atoms with Crippen LogP contribution in [0.1, 0.15) is 5.56 Å². The number of aryl methyl sites for hydroxylation is 1. The third kappa shape index (κ3) is 3.05. The van der Waals surface area contributed by atoms with Gasteiger partial charge in [0.2, 0.25) is 0 Å². The van der Waals surface area contributed by atoms with Gasteiger partial charge < -0.3 is 8.92 Å². The maximum Gasteiger partial charge on any atom is 0.340 e. The maximum atomic E-state index is 12.2. The fourth-order valence-electron chi connectivity index (χ4n) is 1.65. The molecule has 0 radical (unpaired) electrons. The highest BCUT2D eigenvalue weighted by Crippen LogP contribution is 2.32. The molecule has 0 atom stereocenters. The zero-order valence-electron chi connectivity index (χ0n) is 11.0. The number of hydrogen-bond acceptors (Lipinski definition) is 4. The lowest BCUT2D eigenvalue weighted by atomic mass is 10.2. The molecule has 0 aliphatic heterocycles. The Hall–Kier alpha value is -1.72. The Morgan fingerprint density at radius 2 is 1.75 bits per heavy atom. The van der Waals surface area contributed by atoms with Gasteiger partial charge in [-0.1, -0.05) is 29.8 Å². The smallest absolute Gasteiger partial charge is 0.340 e. The highest BCUT2D eigenvalue weighted by atomic mass is 35.5. The molecule has 0 fully saturated rings. The zero-order valence-corrected chi connectivity index (χ0v) is 12.5. The lowest BCUT2D eigenvalue weighted by Gasteiger charge is -2.11. The first-order valence-corrected chi connectivity index (χ1v) is 7.56. The molecule has 2 rings (SSSR count). The molecular formula is C14H13ClO4S. The quantitative estimate of drug-likeness (QED) is 0.812. The Bertz CT molecular complexity index is 726. The van der Waals surface area contributed by atoms with Gasteiger partial charge in [-0.05, 0) is 36.8 Å². The summed E-state index contributed by atoms with van der Waals surface area (Å²) in [5, 5.41) is 0.110. The summed E-state index contributed by atoms with van der Waals surface area (Å²) in [5.74, 6) is 0.471. The molecule has 0 N–H and O–H groups in total. The van der Waals surface area contributed by atoms with Crippen molar-refractivity contribution in [3.05, 3.63) is 53.1 Å². The number of rotatable bonds is 4. The van der Waals surface area contributed by atoms with Crippen molar-refractivity contribution in [3.8, 4) is 11.5 Å². The average molecular weight is 313 g/mol. The number of halogens is 1. The molecule has 4 nitrogen and oxygen atoms in total. The van der Waals surface area contributed by atoms with E-state index in [-0.39, 0.29) is 15.7 Å². The van der Waals surface area contributed by atoms with Crippen molar-refractivity contribution >= 4 is 21.7 Å². The molecule has 0 saturated carbocycles. The molecule has 0 spiro atoms. The summed E-state index contributed by atoms with van der Waals surface area (Å²) in [6.07, 6.45) is 0. The molecule has 0 unspecified atom stereocenters. The summed E-state index contributed by atoms with van der Waals surface area (Å²) in [6.45, 7) is 1.87. The summed E-state index contributed by atoms with van der Waals surface area (Å²) >= 11 is 5.88. The lowest BCUT2D eigenvalue weighted by Crippen LogP contribution is -2.11. The van der Waals surface area contributed by atoms with Crippen LogP contribution in [0.3, 0.4) is 0 Å². The number of hydrogen-bond donors (Lipinski definition) is 0. The summed E-state index contributed by atoms with van der Waals surface area (Å²) < 4.78 is 34.7. The molecule has 106 valence electrons. The number of benzene rings is 2. The van der Waals surface area contributed by atoms with Gasteiger partial charge in [0, 0.05) is 0 Å². The van der Waals surface area contributed by atoms with Crippen molar-refractivity contribution in [1.29, 1.82) is 0 Å². The molecule has 0 saturated heterocycles. The molecule has 0 heterocycles. The second kappa shape index (κ2) is 5.73. The van der Waals surface area contributed by atoms with E-state index in [1.807, 2.05) is 6.92 Å². The predicted molar refractivity (Wildman–Crippen MR) is 77.0 cm³/mol. The molecular weight excluding hydrogens is 300 g/mol. The fourth-order valence-corrected chi connectivity index (χ4v) is 3.09. The largest absolute Gasteiger partial charge is 0.493 e. The minimum absolute atomic E-state index is 0.0794. The molecule has 2 aromatic rings. The van der Waals surface area contributed by atoms with Crippen LogP contribution in [-0.4, -0.2) is 15.5 Å². The van der Waals surface area contributed by atoms with Gasteiger partial charge in [0.1, 0.15) is 4.90 Å². The highest BCUT2D eigenvalue weighted by molar-refractivity contribution is 7.87. The predicted octanol–water partition coefficient (Wildman–Crippen LogP) is 3.42. The molecule has 0 aromatic heterocycles. The van der Waals surface area contributed by atoms with Crippen molar-refractivity contribution in [2.75, 3.05) is 7.11 Å². The van der Waals surface area contributed by atoms with E-state index in [0.29, 0.717) is 5.75 Å². The first kappa shape index (κ1) is 14.7. The van der Waals surface area contributed by atoms with E-state index in [9.17, 15) is 8.42 Å². The van der Waals surface area contributed by atoms with E-state index in [1.165, 1.54) is 19.2 Å². The van der Waals surface area contributed by atoms with Crippen LogP contribution in [0, 0.1) is 6.92 Å². The minimum atomic E-state index is -4.00. The Morgan fingerprint density at radius 3 is 2.40 bits per heavy atom. The van der Waals surface area contributed by atoms with Gasteiger partial charge in [0.15, 0.2) is 11.5 Å². The van der Waals surface area contributed by atoms with E-state index in [2.05, 4.69) is 0 Å². The summed E-state index contributed by atoms with van der Waals surface area (Å²) in [6, 6.07) is 11.1. The summed E-state index contributed by atoms with van der Waals surface area (Å²) in [5.41, 5.74) is 0.935. The fraction of sp³-hybridized carbons (Fsp3) is 0.143. The van der Waals surface area contributed by atoms with Gasteiger partial charge >= 0.3 is 10.1 Å². The normalized spacial score (nSPS) is 11.2. The molecule has 20 heavy (non-hydrogen) atoms. The Morgan fingerprint density at radius 1 is 1.05 bits per heavy atom. The van der Waals surface area contributed by atoms with Crippen molar-refractivity contribution < 1.29 is 17.3 Å². The van der Waals surface area contributed by atoms with Crippen LogP contribution in [0.25, 0.3) is 0 Å². The first-order chi connectivity index (χ1) is 9.44. The summed E-state index contributed by atoms with van der Waals surface area (Å²) in [7, 11) is -2.55. The highest BCUT2D eigenvalue weighted by Gasteiger charge is 2.21. The van der Waals surface area contributed by atoms with Gasteiger partial charge in [-0.2, -0.15) is 8.42 Å². The molecule has 0 bridgehead atoms. The van der Waals surface area contributed by atoms with Crippen LogP contribution in [0.2, 0.25) is 5.02 Å². The van der Waals surface area contributed by atoms with Crippen molar-refractivity contribution in [3.63, 3.8) is 0 Å². The molecule has 2 aromatic carbocycles. The zero-order chi connectivity index (χ0) is 14.8. The standard InChI is InChI=1S/C14H13ClO4S/c1-10-7-8-12(13(9-10)18-2)19-20(16,17)14-6-4-3-5-11(14)15/h3-9H,1-2H3. The summed E-state index contributed by atoms with van der Waals surface area (Å²) in [4.78, 5) is -0.0794.